The third kappa shape index (κ3) is 1.99. The average Bonchev–Trinajstić information content (AvgIpc) is 2.16. The Morgan fingerprint density at radius 2 is 2.23 bits per heavy atom. The van der Waals surface area contributed by atoms with Crippen molar-refractivity contribution in [2.75, 3.05) is 7.11 Å². The molecule has 0 aliphatic rings. The lowest BCUT2D eigenvalue weighted by molar-refractivity contribution is 0.0997. The highest BCUT2D eigenvalue weighted by molar-refractivity contribution is 5.95. The quantitative estimate of drug-likeness (QED) is 0.761. The zero-order chi connectivity index (χ0) is 9.84. The van der Waals surface area contributed by atoms with E-state index in [0.29, 0.717) is 11.3 Å². The maximum atomic E-state index is 11.0. The standard InChI is InChI=1S/C10H13NO2/c1-3-7-4-5-9(13-2)8(6-7)10(11)12/h4-6H,3H2,1-2H3,(H2,11,12). The molecule has 0 saturated carbocycles. The number of carbonyl (C=O) groups is 1. The minimum atomic E-state index is -0.452. The lowest BCUT2D eigenvalue weighted by Gasteiger charge is -2.06. The van der Waals surface area contributed by atoms with Crippen LogP contribution in [0, 0.1) is 0 Å². The second-order valence-corrected chi connectivity index (χ2v) is 2.75. The van der Waals surface area contributed by atoms with Gasteiger partial charge in [0.2, 0.25) is 0 Å². The van der Waals surface area contributed by atoms with Crippen LogP contribution in [0.3, 0.4) is 0 Å². The van der Waals surface area contributed by atoms with Gasteiger partial charge >= 0.3 is 0 Å². The van der Waals surface area contributed by atoms with Crippen LogP contribution in [-0.2, 0) is 6.42 Å². The number of rotatable bonds is 3. The van der Waals surface area contributed by atoms with Gasteiger partial charge in [-0.2, -0.15) is 0 Å². The summed E-state index contributed by atoms with van der Waals surface area (Å²) in [4.78, 5) is 11.0. The Bertz CT molecular complexity index is 321. The number of carbonyl (C=O) groups excluding carboxylic acids is 1. The Morgan fingerprint density at radius 1 is 1.54 bits per heavy atom. The van der Waals surface area contributed by atoms with Crippen molar-refractivity contribution in [3.8, 4) is 5.75 Å². The van der Waals surface area contributed by atoms with Crippen LogP contribution in [-0.4, -0.2) is 13.0 Å². The summed E-state index contributed by atoms with van der Waals surface area (Å²) in [5, 5.41) is 0. The van der Waals surface area contributed by atoms with Gasteiger partial charge in [-0.3, -0.25) is 4.79 Å². The van der Waals surface area contributed by atoms with E-state index in [1.165, 1.54) is 7.11 Å². The summed E-state index contributed by atoms with van der Waals surface area (Å²) >= 11 is 0. The molecule has 0 atom stereocenters. The summed E-state index contributed by atoms with van der Waals surface area (Å²) in [5.41, 5.74) is 6.72. The zero-order valence-corrected chi connectivity index (χ0v) is 7.83. The molecular formula is C10H13NO2. The maximum absolute atomic E-state index is 11.0. The first-order valence-corrected chi connectivity index (χ1v) is 4.15. The molecule has 1 amide bonds. The molecule has 0 fully saturated rings. The molecule has 0 heterocycles. The number of aryl methyl sites for hydroxylation is 1. The largest absolute Gasteiger partial charge is 0.496 e. The Labute approximate surface area is 77.5 Å². The lowest BCUT2D eigenvalue weighted by Crippen LogP contribution is -2.12. The predicted octanol–water partition coefficient (Wildman–Crippen LogP) is 1.36. The van der Waals surface area contributed by atoms with E-state index in [0.717, 1.165) is 12.0 Å². The van der Waals surface area contributed by atoms with E-state index in [4.69, 9.17) is 10.5 Å². The number of hydrogen-bond acceptors (Lipinski definition) is 2. The van der Waals surface area contributed by atoms with Crippen LogP contribution in [0.25, 0.3) is 0 Å². The minimum Gasteiger partial charge on any atom is -0.496 e. The second kappa shape index (κ2) is 3.94. The van der Waals surface area contributed by atoms with Crippen LogP contribution in [0.1, 0.15) is 22.8 Å². The summed E-state index contributed by atoms with van der Waals surface area (Å²) in [7, 11) is 1.52. The van der Waals surface area contributed by atoms with Crippen molar-refractivity contribution in [2.45, 2.75) is 13.3 Å². The molecule has 1 aromatic carbocycles. The van der Waals surface area contributed by atoms with Gasteiger partial charge in [-0.25, -0.2) is 0 Å². The maximum Gasteiger partial charge on any atom is 0.252 e. The van der Waals surface area contributed by atoms with E-state index in [1.807, 2.05) is 13.0 Å². The molecule has 0 aliphatic heterocycles. The van der Waals surface area contributed by atoms with Gasteiger partial charge in [0.15, 0.2) is 0 Å². The lowest BCUT2D eigenvalue weighted by atomic mass is 10.1. The highest BCUT2D eigenvalue weighted by Gasteiger charge is 2.08. The molecule has 70 valence electrons. The van der Waals surface area contributed by atoms with Crippen molar-refractivity contribution in [3.63, 3.8) is 0 Å². The van der Waals surface area contributed by atoms with Crippen molar-refractivity contribution >= 4 is 5.91 Å². The van der Waals surface area contributed by atoms with Gasteiger partial charge in [-0.05, 0) is 24.1 Å². The summed E-state index contributed by atoms with van der Waals surface area (Å²) in [6.45, 7) is 2.02. The summed E-state index contributed by atoms with van der Waals surface area (Å²) < 4.78 is 5.01. The predicted molar refractivity (Wildman–Crippen MR) is 50.9 cm³/mol. The molecule has 0 aliphatic carbocycles. The van der Waals surface area contributed by atoms with Crippen LogP contribution < -0.4 is 10.5 Å². The molecule has 2 N–H and O–H groups in total. The number of hydrogen-bond donors (Lipinski definition) is 1. The van der Waals surface area contributed by atoms with Gasteiger partial charge < -0.3 is 10.5 Å². The fourth-order valence-electron chi connectivity index (χ4n) is 1.17. The van der Waals surface area contributed by atoms with Crippen molar-refractivity contribution < 1.29 is 9.53 Å². The first kappa shape index (κ1) is 9.58. The van der Waals surface area contributed by atoms with Gasteiger partial charge in [-0.15, -0.1) is 0 Å². The van der Waals surface area contributed by atoms with Crippen LogP contribution >= 0.6 is 0 Å². The zero-order valence-electron chi connectivity index (χ0n) is 7.83. The number of benzene rings is 1. The number of amides is 1. The highest BCUT2D eigenvalue weighted by Crippen LogP contribution is 2.19. The van der Waals surface area contributed by atoms with Crippen molar-refractivity contribution in [3.05, 3.63) is 29.3 Å². The van der Waals surface area contributed by atoms with E-state index in [1.54, 1.807) is 12.1 Å². The number of nitrogens with two attached hydrogens (primary N) is 1. The van der Waals surface area contributed by atoms with E-state index in [-0.39, 0.29) is 0 Å². The minimum absolute atomic E-state index is 0.446. The molecule has 0 unspecified atom stereocenters. The SMILES string of the molecule is CCc1ccc(OC)c(C(N)=O)c1. The number of methoxy groups -OCH3 is 1. The van der Waals surface area contributed by atoms with E-state index in [2.05, 4.69) is 0 Å². The topological polar surface area (TPSA) is 52.3 Å². The molecule has 1 aromatic rings. The van der Waals surface area contributed by atoms with E-state index >= 15 is 0 Å². The van der Waals surface area contributed by atoms with E-state index < -0.39 is 5.91 Å². The van der Waals surface area contributed by atoms with Gasteiger partial charge in [0.1, 0.15) is 5.75 Å². The van der Waals surface area contributed by atoms with Crippen LogP contribution in [0.5, 0.6) is 5.75 Å². The fraction of sp³-hybridized carbons (Fsp3) is 0.300. The van der Waals surface area contributed by atoms with Crippen LogP contribution in [0.4, 0.5) is 0 Å². The third-order valence-corrected chi connectivity index (χ3v) is 1.94. The molecular weight excluding hydrogens is 166 g/mol. The second-order valence-electron chi connectivity index (χ2n) is 2.75. The Morgan fingerprint density at radius 3 is 2.69 bits per heavy atom. The Balaban J connectivity index is 3.18. The summed E-state index contributed by atoms with van der Waals surface area (Å²) in [5.74, 6) is 0.0804. The van der Waals surface area contributed by atoms with Crippen molar-refractivity contribution in [1.29, 1.82) is 0 Å². The third-order valence-electron chi connectivity index (χ3n) is 1.94. The molecule has 0 aromatic heterocycles. The molecule has 1 rings (SSSR count). The number of ether oxygens (including phenoxy) is 1. The molecule has 0 bridgehead atoms. The average molecular weight is 179 g/mol. The molecule has 13 heavy (non-hydrogen) atoms. The summed E-state index contributed by atoms with van der Waals surface area (Å²) in [6.07, 6.45) is 0.879. The van der Waals surface area contributed by atoms with Crippen LogP contribution in [0.2, 0.25) is 0 Å². The molecule has 0 spiro atoms. The Hall–Kier alpha value is -1.51. The van der Waals surface area contributed by atoms with Crippen LogP contribution in [0.15, 0.2) is 18.2 Å². The first-order chi connectivity index (χ1) is 6.19. The van der Waals surface area contributed by atoms with Gasteiger partial charge in [0.05, 0.1) is 12.7 Å². The van der Waals surface area contributed by atoms with E-state index in [9.17, 15) is 4.79 Å². The summed E-state index contributed by atoms with van der Waals surface area (Å²) in [6, 6.07) is 5.45. The van der Waals surface area contributed by atoms with Gasteiger partial charge in [-0.1, -0.05) is 13.0 Å². The van der Waals surface area contributed by atoms with Gasteiger partial charge in [0.25, 0.3) is 5.91 Å². The smallest absolute Gasteiger partial charge is 0.252 e. The monoisotopic (exact) mass is 179 g/mol. The first-order valence-electron chi connectivity index (χ1n) is 4.15. The molecule has 3 nitrogen and oxygen atoms in total. The van der Waals surface area contributed by atoms with Crippen molar-refractivity contribution in [1.82, 2.24) is 0 Å². The molecule has 3 heteroatoms. The molecule has 0 saturated heterocycles. The van der Waals surface area contributed by atoms with Gasteiger partial charge in [0, 0.05) is 0 Å². The Kier molecular flexibility index (Phi) is 2.90. The highest BCUT2D eigenvalue weighted by atomic mass is 16.5. The molecule has 0 radical (unpaired) electrons. The van der Waals surface area contributed by atoms with Crippen molar-refractivity contribution in [2.24, 2.45) is 5.73 Å². The number of primary amides is 1. The normalized spacial score (nSPS) is 9.69. The fourth-order valence-corrected chi connectivity index (χ4v) is 1.17.